The number of ether oxygens (including phenoxy) is 1. The van der Waals surface area contributed by atoms with Gasteiger partial charge in [0.2, 0.25) is 5.91 Å². The lowest BCUT2D eigenvalue weighted by Gasteiger charge is -2.17. The summed E-state index contributed by atoms with van der Waals surface area (Å²) in [5.74, 6) is -1.06. The second kappa shape index (κ2) is 6.80. The highest BCUT2D eigenvalue weighted by Gasteiger charge is 2.26. The summed E-state index contributed by atoms with van der Waals surface area (Å²) in [5, 5.41) is 6.94. The van der Waals surface area contributed by atoms with Gasteiger partial charge in [-0.2, -0.15) is 5.10 Å². The van der Waals surface area contributed by atoms with Gasteiger partial charge < -0.3 is 15.0 Å². The van der Waals surface area contributed by atoms with Crippen LogP contribution in [0.3, 0.4) is 0 Å². The van der Waals surface area contributed by atoms with E-state index in [9.17, 15) is 14.4 Å². The molecule has 1 saturated heterocycles. The van der Waals surface area contributed by atoms with Crippen LogP contribution in [0.2, 0.25) is 0 Å². The molecule has 1 aromatic heterocycles. The van der Waals surface area contributed by atoms with Crippen molar-refractivity contribution in [2.24, 2.45) is 7.05 Å². The van der Waals surface area contributed by atoms with E-state index < -0.39 is 18.0 Å². The van der Waals surface area contributed by atoms with Gasteiger partial charge >= 0.3 is 5.97 Å². The minimum absolute atomic E-state index is 0.0549. The number of hydrogen-bond donors (Lipinski definition) is 1. The summed E-state index contributed by atoms with van der Waals surface area (Å²) in [7, 11) is 1.79. The molecule has 8 nitrogen and oxygen atoms in total. The SMILES string of the molecule is Cc1nn(C)c(C)c1NC(=O)[C@H](C)OC(=O)CN1CCCC1=O. The highest BCUT2D eigenvalue weighted by Crippen LogP contribution is 2.18. The molecule has 0 unspecified atom stereocenters. The molecule has 0 aromatic carbocycles. The van der Waals surface area contributed by atoms with Crippen LogP contribution < -0.4 is 5.32 Å². The number of nitrogens with zero attached hydrogens (tertiary/aromatic N) is 3. The fraction of sp³-hybridized carbons (Fsp3) is 0.600. The largest absolute Gasteiger partial charge is 0.451 e. The van der Waals surface area contributed by atoms with Crippen LogP contribution in [0.5, 0.6) is 0 Å². The van der Waals surface area contributed by atoms with Crippen molar-refractivity contribution in [2.45, 2.75) is 39.7 Å². The molecule has 1 atom stereocenters. The van der Waals surface area contributed by atoms with Crippen molar-refractivity contribution < 1.29 is 19.1 Å². The average Bonchev–Trinajstić information content (AvgIpc) is 2.97. The first kappa shape index (κ1) is 17.0. The van der Waals surface area contributed by atoms with E-state index in [0.717, 1.165) is 12.1 Å². The topological polar surface area (TPSA) is 93.5 Å². The Hall–Kier alpha value is -2.38. The highest BCUT2D eigenvalue weighted by atomic mass is 16.5. The molecule has 1 aromatic rings. The minimum Gasteiger partial charge on any atom is -0.451 e. The molecular formula is C15H22N4O4. The van der Waals surface area contributed by atoms with Gasteiger partial charge in [-0.15, -0.1) is 0 Å². The first-order valence-electron chi connectivity index (χ1n) is 7.58. The predicted octanol–water partition coefficient (Wildman–Crippen LogP) is 0.530. The Bertz CT molecular complexity index is 638. The summed E-state index contributed by atoms with van der Waals surface area (Å²) in [5.41, 5.74) is 2.13. The van der Waals surface area contributed by atoms with Gasteiger partial charge in [0.25, 0.3) is 5.91 Å². The number of esters is 1. The first-order valence-corrected chi connectivity index (χ1v) is 7.58. The van der Waals surface area contributed by atoms with E-state index in [2.05, 4.69) is 10.4 Å². The van der Waals surface area contributed by atoms with Crippen LogP contribution >= 0.6 is 0 Å². The van der Waals surface area contributed by atoms with Crippen molar-refractivity contribution in [3.8, 4) is 0 Å². The van der Waals surface area contributed by atoms with E-state index in [1.165, 1.54) is 11.8 Å². The predicted molar refractivity (Wildman–Crippen MR) is 82.7 cm³/mol. The molecule has 2 heterocycles. The van der Waals surface area contributed by atoms with E-state index in [1.54, 1.807) is 18.7 Å². The lowest BCUT2D eigenvalue weighted by Crippen LogP contribution is -2.36. The van der Waals surface area contributed by atoms with E-state index in [1.807, 2.05) is 6.92 Å². The standard InChI is InChI=1S/C15H22N4O4/c1-9-14(10(2)18(4)17-9)16-15(22)11(3)23-13(21)8-19-7-5-6-12(19)20/h11H,5-8H2,1-4H3,(H,16,22)/t11-/m0/s1. The Morgan fingerprint density at radius 1 is 1.39 bits per heavy atom. The summed E-state index contributed by atoms with van der Waals surface area (Å²) >= 11 is 0. The monoisotopic (exact) mass is 322 g/mol. The van der Waals surface area contributed by atoms with Crippen molar-refractivity contribution in [1.82, 2.24) is 14.7 Å². The van der Waals surface area contributed by atoms with Crippen molar-refractivity contribution in [3.63, 3.8) is 0 Å². The molecule has 2 rings (SSSR count). The van der Waals surface area contributed by atoms with Crippen LogP contribution in [0.25, 0.3) is 0 Å². The maximum absolute atomic E-state index is 12.2. The number of anilines is 1. The fourth-order valence-electron chi connectivity index (χ4n) is 2.49. The van der Waals surface area contributed by atoms with Crippen LogP contribution in [-0.2, 0) is 26.2 Å². The average molecular weight is 322 g/mol. The van der Waals surface area contributed by atoms with Crippen LogP contribution in [0.1, 0.15) is 31.2 Å². The van der Waals surface area contributed by atoms with Crippen LogP contribution in [0.15, 0.2) is 0 Å². The molecule has 1 fully saturated rings. The third-order valence-electron chi connectivity index (χ3n) is 3.93. The van der Waals surface area contributed by atoms with E-state index in [4.69, 9.17) is 4.74 Å². The molecule has 23 heavy (non-hydrogen) atoms. The van der Waals surface area contributed by atoms with Gasteiger partial charge in [-0.1, -0.05) is 0 Å². The maximum atomic E-state index is 12.2. The molecule has 1 N–H and O–H groups in total. The van der Waals surface area contributed by atoms with Crippen LogP contribution in [0, 0.1) is 13.8 Å². The van der Waals surface area contributed by atoms with Gasteiger partial charge in [-0.25, -0.2) is 0 Å². The second-order valence-corrected chi connectivity index (χ2v) is 5.71. The third-order valence-corrected chi connectivity index (χ3v) is 3.93. The molecule has 0 radical (unpaired) electrons. The molecule has 2 amide bonds. The number of amides is 2. The van der Waals surface area contributed by atoms with Crippen molar-refractivity contribution >= 4 is 23.5 Å². The Labute approximate surface area is 134 Å². The number of aromatic nitrogens is 2. The number of aryl methyl sites for hydroxylation is 2. The lowest BCUT2D eigenvalue weighted by atomic mass is 10.3. The third kappa shape index (κ3) is 3.88. The maximum Gasteiger partial charge on any atom is 0.326 e. The summed E-state index contributed by atoms with van der Waals surface area (Å²) in [6, 6.07) is 0. The van der Waals surface area contributed by atoms with E-state index in [-0.39, 0.29) is 12.5 Å². The van der Waals surface area contributed by atoms with Crippen LogP contribution in [-0.4, -0.2) is 51.7 Å². The summed E-state index contributed by atoms with van der Waals surface area (Å²) in [6.07, 6.45) is 0.268. The number of likely N-dealkylation sites (tertiary alicyclic amines) is 1. The smallest absolute Gasteiger partial charge is 0.326 e. The zero-order chi connectivity index (χ0) is 17.1. The molecule has 0 saturated carbocycles. The summed E-state index contributed by atoms with van der Waals surface area (Å²) < 4.78 is 6.78. The molecule has 0 spiro atoms. The minimum atomic E-state index is -0.945. The fourth-order valence-corrected chi connectivity index (χ4v) is 2.49. The van der Waals surface area contributed by atoms with Gasteiger partial charge in [0, 0.05) is 20.0 Å². The Morgan fingerprint density at radius 2 is 2.09 bits per heavy atom. The zero-order valence-electron chi connectivity index (χ0n) is 13.9. The number of rotatable bonds is 5. The van der Waals surface area contributed by atoms with Crippen molar-refractivity contribution in [3.05, 3.63) is 11.4 Å². The van der Waals surface area contributed by atoms with Gasteiger partial charge in [0.1, 0.15) is 6.54 Å². The quantitative estimate of drug-likeness (QED) is 0.798. The molecule has 1 aliphatic heterocycles. The summed E-state index contributed by atoms with van der Waals surface area (Å²) in [6.45, 7) is 5.58. The van der Waals surface area contributed by atoms with Crippen molar-refractivity contribution in [1.29, 1.82) is 0 Å². The lowest BCUT2D eigenvalue weighted by molar-refractivity contribution is -0.155. The molecule has 126 valence electrons. The molecular weight excluding hydrogens is 300 g/mol. The highest BCUT2D eigenvalue weighted by molar-refractivity contribution is 5.96. The van der Waals surface area contributed by atoms with Gasteiger partial charge in [-0.05, 0) is 27.2 Å². The van der Waals surface area contributed by atoms with E-state index >= 15 is 0 Å². The van der Waals surface area contributed by atoms with Crippen molar-refractivity contribution in [2.75, 3.05) is 18.4 Å². The number of carbonyl (C=O) groups excluding carboxylic acids is 3. The Kier molecular flexibility index (Phi) is 5.02. The number of carbonyl (C=O) groups is 3. The number of nitrogens with one attached hydrogen (secondary N) is 1. The molecule has 0 aliphatic carbocycles. The van der Waals surface area contributed by atoms with Gasteiger partial charge in [0.05, 0.1) is 17.1 Å². The second-order valence-electron chi connectivity index (χ2n) is 5.71. The Balaban J connectivity index is 1.89. The number of hydrogen-bond acceptors (Lipinski definition) is 5. The molecule has 8 heteroatoms. The van der Waals surface area contributed by atoms with Crippen LogP contribution in [0.4, 0.5) is 5.69 Å². The molecule has 1 aliphatic rings. The first-order chi connectivity index (χ1) is 10.8. The van der Waals surface area contributed by atoms with E-state index in [0.29, 0.717) is 24.3 Å². The van der Waals surface area contributed by atoms with Gasteiger partial charge in [-0.3, -0.25) is 19.1 Å². The Morgan fingerprint density at radius 3 is 2.61 bits per heavy atom. The normalized spacial score (nSPS) is 15.7. The van der Waals surface area contributed by atoms with Gasteiger partial charge in [0.15, 0.2) is 6.10 Å². The molecule has 0 bridgehead atoms. The summed E-state index contributed by atoms with van der Waals surface area (Å²) in [4.78, 5) is 36.9. The zero-order valence-corrected chi connectivity index (χ0v) is 13.9.